The van der Waals surface area contributed by atoms with Crippen LogP contribution in [0.4, 0.5) is 0 Å². The molecular weight excluding hydrogens is 198 g/mol. The second-order valence-corrected chi connectivity index (χ2v) is 5.06. The van der Waals surface area contributed by atoms with Crippen molar-refractivity contribution in [1.29, 1.82) is 0 Å². The van der Waals surface area contributed by atoms with E-state index in [0.717, 1.165) is 18.1 Å². The van der Waals surface area contributed by atoms with Gasteiger partial charge in [-0.1, -0.05) is 13.8 Å². The summed E-state index contributed by atoms with van der Waals surface area (Å²) in [7, 11) is -0.830. The smallest absolute Gasteiger partial charge is 0.118 e. The SMILES string of the molecule is CC(C)NCc1ccc(CS(C)=O)o1. The van der Waals surface area contributed by atoms with Crippen molar-refractivity contribution in [2.24, 2.45) is 0 Å². The Morgan fingerprint density at radius 2 is 2.07 bits per heavy atom. The summed E-state index contributed by atoms with van der Waals surface area (Å²) in [6.07, 6.45) is 1.68. The van der Waals surface area contributed by atoms with Crippen molar-refractivity contribution in [2.75, 3.05) is 6.26 Å². The Morgan fingerprint density at radius 3 is 2.64 bits per heavy atom. The van der Waals surface area contributed by atoms with Gasteiger partial charge in [0.15, 0.2) is 0 Å². The van der Waals surface area contributed by atoms with E-state index in [0.29, 0.717) is 11.8 Å². The lowest BCUT2D eigenvalue weighted by Gasteiger charge is -2.04. The second-order valence-electron chi connectivity index (χ2n) is 3.62. The van der Waals surface area contributed by atoms with Crippen LogP contribution in [0.3, 0.4) is 0 Å². The van der Waals surface area contributed by atoms with Crippen LogP contribution in [0.2, 0.25) is 0 Å². The van der Waals surface area contributed by atoms with Gasteiger partial charge in [0, 0.05) is 23.1 Å². The van der Waals surface area contributed by atoms with Gasteiger partial charge in [0.2, 0.25) is 0 Å². The van der Waals surface area contributed by atoms with E-state index in [1.165, 1.54) is 0 Å². The van der Waals surface area contributed by atoms with E-state index in [-0.39, 0.29) is 0 Å². The number of rotatable bonds is 5. The summed E-state index contributed by atoms with van der Waals surface area (Å²) in [5, 5.41) is 3.26. The molecule has 4 heteroatoms. The Labute approximate surface area is 87.3 Å². The van der Waals surface area contributed by atoms with Crippen molar-refractivity contribution in [1.82, 2.24) is 5.32 Å². The molecular formula is C10H17NO2S. The molecule has 0 bridgehead atoms. The Kier molecular flexibility index (Phi) is 4.35. The number of hydrogen-bond donors (Lipinski definition) is 1. The van der Waals surface area contributed by atoms with Crippen molar-refractivity contribution in [3.05, 3.63) is 23.7 Å². The summed E-state index contributed by atoms with van der Waals surface area (Å²) in [5.74, 6) is 2.20. The lowest BCUT2D eigenvalue weighted by molar-refractivity contribution is 0.445. The van der Waals surface area contributed by atoms with Gasteiger partial charge in [0.05, 0.1) is 12.3 Å². The quantitative estimate of drug-likeness (QED) is 0.812. The van der Waals surface area contributed by atoms with Crippen molar-refractivity contribution in [3.8, 4) is 0 Å². The molecule has 1 unspecified atom stereocenters. The van der Waals surface area contributed by atoms with E-state index in [9.17, 15) is 4.21 Å². The van der Waals surface area contributed by atoms with Crippen LogP contribution in [-0.2, 0) is 23.1 Å². The molecule has 0 amide bonds. The highest BCUT2D eigenvalue weighted by molar-refractivity contribution is 7.83. The van der Waals surface area contributed by atoms with Gasteiger partial charge in [-0.25, -0.2) is 0 Å². The minimum Gasteiger partial charge on any atom is -0.464 e. The first-order valence-corrected chi connectivity index (χ1v) is 6.41. The first-order chi connectivity index (χ1) is 6.58. The third kappa shape index (κ3) is 4.07. The zero-order valence-corrected chi connectivity index (χ0v) is 9.69. The minimum absolute atomic E-state index is 0.448. The van der Waals surface area contributed by atoms with Crippen LogP contribution < -0.4 is 5.32 Å². The molecule has 1 rings (SSSR count). The van der Waals surface area contributed by atoms with E-state index in [4.69, 9.17) is 4.42 Å². The molecule has 1 aromatic heterocycles. The molecule has 0 spiro atoms. The van der Waals surface area contributed by atoms with E-state index >= 15 is 0 Å². The minimum atomic E-state index is -0.830. The van der Waals surface area contributed by atoms with Crippen LogP contribution in [-0.4, -0.2) is 16.5 Å². The molecule has 0 aliphatic carbocycles. The summed E-state index contributed by atoms with van der Waals surface area (Å²) < 4.78 is 16.4. The molecule has 0 saturated carbocycles. The van der Waals surface area contributed by atoms with Crippen molar-refractivity contribution < 1.29 is 8.63 Å². The van der Waals surface area contributed by atoms with Crippen LogP contribution in [0.15, 0.2) is 16.5 Å². The summed E-state index contributed by atoms with van der Waals surface area (Å²) in [5.41, 5.74) is 0. The Balaban J connectivity index is 2.46. The van der Waals surface area contributed by atoms with Crippen molar-refractivity contribution in [3.63, 3.8) is 0 Å². The maximum absolute atomic E-state index is 10.9. The number of nitrogens with one attached hydrogen (secondary N) is 1. The maximum Gasteiger partial charge on any atom is 0.118 e. The largest absolute Gasteiger partial charge is 0.464 e. The van der Waals surface area contributed by atoms with Gasteiger partial charge in [-0.15, -0.1) is 0 Å². The fourth-order valence-electron chi connectivity index (χ4n) is 1.10. The normalized spacial score (nSPS) is 13.4. The zero-order valence-electron chi connectivity index (χ0n) is 8.87. The van der Waals surface area contributed by atoms with Gasteiger partial charge in [0.25, 0.3) is 0 Å². The average molecular weight is 215 g/mol. The summed E-state index contributed by atoms with van der Waals surface area (Å²) in [6, 6.07) is 4.26. The van der Waals surface area contributed by atoms with Crippen LogP contribution in [0, 0.1) is 0 Å². The second kappa shape index (κ2) is 5.32. The monoisotopic (exact) mass is 215 g/mol. The van der Waals surface area contributed by atoms with Crippen LogP contribution in [0.25, 0.3) is 0 Å². The first-order valence-electron chi connectivity index (χ1n) is 4.69. The van der Waals surface area contributed by atoms with Gasteiger partial charge in [-0.05, 0) is 12.1 Å². The molecule has 0 radical (unpaired) electrons. The fraction of sp³-hybridized carbons (Fsp3) is 0.600. The highest BCUT2D eigenvalue weighted by atomic mass is 32.2. The van der Waals surface area contributed by atoms with E-state index in [1.807, 2.05) is 12.1 Å². The fourth-order valence-corrected chi connectivity index (χ4v) is 1.66. The van der Waals surface area contributed by atoms with Gasteiger partial charge in [-0.2, -0.15) is 0 Å². The van der Waals surface area contributed by atoms with E-state index in [1.54, 1.807) is 6.26 Å². The van der Waals surface area contributed by atoms with Gasteiger partial charge < -0.3 is 9.73 Å². The standard InChI is InChI=1S/C10H17NO2S/c1-8(2)11-6-9-4-5-10(13-9)7-14(3)12/h4-5,8,11H,6-7H2,1-3H3. The number of hydrogen-bond acceptors (Lipinski definition) is 3. The van der Waals surface area contributed by atoms with Gasteiger partial charge in [0.1, 0.15) is 11.5 Å². The highest BCUT2D eigenvalue weighted by Gasteiger charge is 2.03. The van der Waals surface area contributed by atoms with E-state index in [2.05, 4.69) is 19.2 Å². The lowest BCUT2D eigenvalue weighted by atomic mass is 10.3. The third-order valence-electron chi connectivity index (χ3n) is 1.75. The predicted octanol–water partition coefficient (Wildman–Crippen LogP) is 1.66. The van der Waals surface area contributed by atoms with Crippen LogP contribution >= 0.6 is 0 Å². The Hall–Kier alpha value is -0.610. The van der Waals surface area contributed by atoms with Crippen LogP contribution in [0.1, 0.15) is 25.4 Å². The molecule has 0 aliphatic rings. The number of furan rings is 1. The summed E-state index contributed by atoms with van der Waals surface area (Å²) in [4.78, 5) is 0. The third-order valence-corrected chi connectivity index (χ3v) is 2.44. The zero-order chi connectivity index (χ0) is 10.6. The molecule has 1 atom stereocenters. The van der Waals surface area contributed by atoms with Crippen molar-refractivity contribution >= 4 is 10.8 Å². The predicted molar refractivity (Wildman–Crippen MR) is 58.5 cm³/mol. The maximum atomic E-state index is 10.9. The van der Waals surface area contributed by atoms with Crippen molar-refractivity contribution in [2.45, 2.75) is 32.2 Å². The molecule has 14 heavy (non-hydrogen) atoms. The molecule has 0 aliphatic heterocycles. The molecule has 0 fully saturated rings. The Morgan fingerprint density at radius 1 is 1.43 bits per heavy atom. The highest BCUT2D eigenvalue weighted by Crippen LogP contribution is 2.09. The molecule has 3 nitrogen and oxygen atoms in total. The molecule has 1 heterocycles. The average Bonchev–Trinajstić information content (AvgIpc) is 2.47. The Bertz CT molecular complexity index is 307. The molecule has 80 valence electrons. The molecule has 0 saturated heterocycles. The lowest BCUT2D eigenvalue weighted by Crippen LogP contribution is -2.21. The molecule has 1 N–H and O–H groups in total. The molecule has 0 aromatic carbocycles. The van der Waals surface area contributed by atoms with Gasteiger partial charge >= 0.3 is 0 Å². The summed E-state index contributed by atoms with van der Waals surface area (Å²) >= 11 is 0. The first kappa shape index (κ1) is 11.5. The molecule has 1 aromatic rings. The summed E-state index contributed by atoms with van der Waals surface area (Å²) in [6.45, 7) is 4.91. The van der Waals surface area contributed by atoms with E-state index < -0.39 is 10.8 Å². The van der Waals surface area contributed by atoms with Crippen LogP contribution in [0.5, 0.6) is 0 Å². The van der Waals surface area contributed by atoms with Gasteiger partial charge in [-0.3, -0.25) is 4.21 Å². The topological polar surface area (TPSA) is 42.2 Å².